The van der Waals surface area contributed by atoms with Crippen molar-refractivity contribution >= 4 is 33.0 Å². The molecule has 0 amide bonds. The van der Waals surface area contributed by atoms with E-state index < -0.39 is 0 Å². The molecule has 0 fully saturated rings. The number of halogens is 1. The number of nitrogen functional groups attached to an aromatic ring is 1. The number of benzene rings is 3. The Morgan fingerprint density at radius 2 is 1.48 bits per heavy atom. The molecule has 3 aromatic rings. The average Bonchev–Trinajstić information content (AvgIpc) is 2.51. The molecule has 0 atom stereocenters. The third-order valence-corrected chi connectivity index (χ3v) is 3.79. The van der Waals surface area contributed by atoms with Gasteiger partial charge in [0, 0.05) is 15.7 Å². The zero-order valence-corrected chi connectivity index (χ0v) is 13.0. The summed E-state index contributed by atoms with van der Waals surface area (Å²) in [6, 6.07) is 24.4. The number of nitrogens with two attached hydrogens (primary N) is 1. The summed E-state index contributed by atoms with van der Waals surface area (Å²) in [5.74, 6) is 0. The molecular formula is C18H15BrN2. The Labute approximate surface area is 132 Å². The highest BCUT2D eigenvalue weighted by Gasteiger charge is 2.06. The number of anilines is 3. The monoisotopic (exact) mass is 338 g/mol. The van der Waals surface area contributed by atoms with Crippen LogP contribution in [-0.2, 0) is 0 Å². The van der Waals surface area contributed by atoms with Crippen LogP contribution < -0.4 is 11.1 Å². The molecule has 3 N–H and O–H groups in total. The summed E-state index contributed by atoms with van der Waals surface area (Å²) in [6.45, 7) is 0. The lowest BCUT2D eigenvalue weighted by atomic mass is 10.0. The smallest absolute Gasteiger partial charge is 0.0618 e. The van der Waals surface area contributed by atoms with Crippen LogP contribution in [0, 0.1) is 0 Å². The second kappa shape index (κ2) is 6.02. The fourth-order valence-corrected chi connectivity index (χ4v) is 2.63. The zero-order chi connectivity index (χ0) is 14.7. The van der Waals surface area contributed by atoms with Crippen molar-refractivity contribution in [3.05, 3.63) is 77.3 Å². The van der Waals surface area contributed by atoms with Crippen LogP contribution in [0.4, 0.5) is 17.1 Å². The van der Waals surface area contributed by atoms with E-state index in [0.717, 1.165) is 21.4 Å². The van der Waals surface area contributed by atoms with Gasteiger partial charge >= 0.3 is 0 Å². The van der Waals surface area contributed by atoms with Gasteiger partial charge in [-0.15, -0.1) is 0 Å². The maximum absolute atomic E-state index is 6.07. The SMILES string of the molecule is Nc1cc(Br)ccc1Nc1ccccc1-c1ccccc1. The molecule has 0 aliphatic carbocycles. The van der Waals surface area contributed by atoms with E-state index in [1.807, 2.05) is 48.5 Å². The molecule has 21 heavy (non-hydrogen) atoms. The summed E-state index contributed by atoms with van der Waals surface area (Å²) in [5, 5.41) is 3.42. The lowest BCUT2D eigenvalue weighted by Crippen LogP contribution is -1.97. The summed E-state index contributed by atoms with van der Waals surface area (Å²) >= 11 is 3.43. The van der Waals surface area contributed by atoms with Gasteiger partial charge in [0.1, 0.15) is 0 Å². The largest absolute Gasteiger partial charge is 0.397 e. The first-order chi connectivity index (χ1) is 10.2. The number of para-hydroxylation sites is 1. The fourth-order valence-electron chi connectivity index (χ4n) is 2.25. The number of hydrogen-bond donors (Lipinski definition) is 2. The summed E-state index contributed by atoms with van der Waals surface area (Å²) in [6.07, 6.45) is 0. The Morgan fingerprint density at radius 1 is 0.762 bits per heavy atom. The second-order valence-corrected chi connectivity index (χ2v) is 5.68. The van der Waals surface area contributed by atoms with E-state index in [1.165, 1.54) is 5.56 Å². The maximum atomic E-state index is 6.07. The third-order valence-electron chi connectivity index (χ3n) is 3.29. The van der Waals surface area contributed by atoms with E-state index in [9.17, 15) is 0 Å². The van der Waals surface area contributed by atoms with Crippen LogP contribution in [0.1, 0.15) is 0 Å². The molecule has 2 nitrogen and oxygen atoms in total. The molecule has 3 heteroatoms. The first kappa shape index (κ1) is 13.7. The highest BCUT2D eigenvalue weighted by atomic mass is 79.9. The van der Waals surface area contributed by atoms with E-state index in [2.05, 4.69) is 45.5 Å². The van der Waals surface area contributed by atoms with Gasteiger partial charge in [0.15, 0.2) is 0 Å². The molecule has 104 valence electrons. The van der Waals surface area contributed by atoms with E-state index in [-0.39, 0.29) is 0 Å². The van der Waals surface area contributed by atoms with E-state index in [1.54, 1.807) is 0 Å². The van der Waals surface area contributed by atoms with Crippen molar-refractivity contribution < 1.29 is 0 Å². The second-order valence-electron chi connectivity index (χ2n) is 4.77. The van der Waals surface area contributed by atoms with Gasteiger partial charge in [0.05, 0.1) is 11.4 Å². The summed E-state index contributed by atoms with van der Waals surface area (Å²) in [5.41, 5.74) is 11.1. The molecule has 0 aliphatic heterocycles. The molecular weight excluding hydrogens is 324 g/mol. The predicted octanol–water partition coefficient (Wildman–Crippen LogP) is 5.44. The van der Waals surface area contributed by atoms with Crippen LogP contribution in [0.2, 0.25) is 0 Å². The molecule has 0 heterocycles. The summed E-state index contributed by atoms with van der Waals surface area (Å²) < 4.78 is 0.974. The first-order valence-electron chi connectivity index (χ1n) is 6.70. The van der Waals surface area contributed by atoms with E-state index in [0.29, 0.717) is 5.69 Å². The van der Waals surface area contributed by atoms with E-state index >= 15 is 0 Å². The van der Waals surface area contributed by atoms with Crippen molar-refractivity contribution in [3.8, 4) is 11.1 Å². The predicted molar refractivity (Wildman–Crippen MR) is 93.7 cm³/mol. The zero-order valence-electron chi connectivity index (χ0n) is 11.4. The summed E-state index contributed by atoms with van der Waals surface area (Å²) in [7, 11) is 0. The summed E-state index contributed by atoms with van der Waals surface area (Å²) in [4.78, 5) is 0. The number of hydrogen-bond acceptors (Lipinski definition) is 2. The Balaban J connectivity index is 2.00. The quantitative estimate of drug-likeness (QED) is 0.624. The van der Waals surface area contributed by atoms with Crippen molar-refractivity contribution in [2.75, 3.05) is 11.1 Å². The fraction of sp³-hybridized carbons (Fsp3) is 0. The van der Waals surface area contributed by atoms with Gasteiger partial charge in [-0.3, -0.25) is 0 Å². The average molecular weight is 339 g/mol. The van der Waals surface area contributed by atoms with Crippen LogP contribution in [0.25, 0.3) is 11.1 Å². The Hall–Kier alpha value is -2.26. The Morgan fingerprint density at radius 3 is 2.24 bits per heavy atom. The molecule has 0 aliphatic rings. The van der Waals surface area contributed by atoms with Crippen LogP contribution >= 0.6 is 15.9 Å². The number of nitrogens with one attached hydrogen (secondary N) is 1. The topological polar surface area (TPSA) is 38.0 Å². The molecule has 0 bridgehead atoms. The highest BCUT2D eigenvalue weighted by Crippen LogP contribution is 2.32. The highest BCUT2D eigenvalue weighted by molar-refractivity contribution is 9.10. The lowest BCUT2D eigenvalue weighted by Gasteiger charge is -2.14. The minimum atomic E-state index is 0.715. The van der Waals surface area contributed by atoms with Crippen molar-refractivity contribution in [2.24, 2.45) is 0 Å². The molecule has 0 saturated heterocycles. The van der Waals surface area contributed by atoms with Crippen LogP contribution in [0.15, 0.2) is 77.3 Å². The molecule has 0 saturated carbocycles. The molecule has 0 spiro atoms. The van der Waals surface area contributed by atoms with Crippen molar-refractivity contribution in [1.29, 1.82) is 0 Å². The van der Waals surface area contributed by atoms with Crippen LogP contribution in [-0.4, -0.2) is 0 Å². The molecule has 0 aromatic heterocycles. The van der Waals surface area contributed by atoms with Gasteiger partial charge in [0.2, 0.25) is 0 Å². The standard InChI is InChI=1S/C18H15BrN2/c19-14-10-11-18(16(20)12-14)21-17-9-5-4-8-15(17)13-6-2-1-3-7-13/h1-12,21H,20H2. The van der Waals surface area contributed by atoms with Crippen molar-refractivity contribution in [2.45, 2.75) is 0 Å². The maximum Gasteiger partial charge on any atom is 0.0618 e. The Bertz CT molecular complexity index is 754. The molecule has 0 radical (unpaired) electrons. The van der Waals surface area contributed by atoms with Gasteiger partial charge in [0.25, 0.3) is 0 Å². The molecule has 3 aromatic carbocycles. The molecule has 3 rings (SSSR count). The Kier molecular flexibility index (Phi) is 3.93. The molecule has 0 unspecified atom stereocenters. The van der Waals surface area contributed by atoms with Crippen molar-refractivity contribution in [3.63, 3.8) is 0 Å². The van der Waals surface area contributed by atoms with Gasteiger partial charge in [-0.1, -0.05) is 64.5 Å². The minimum Gasteiger partial charge on any atom is -0.397 e. The van der Waals surface area contributed by atoms with Gasteiger partial charge in [-0.25, -0.2) is 0 Å². The van der Waals surface area contributed by atoms with E-state index in [4.69, 9.17) is 5.73 Å². The normalized spacial score (nSPS) is 10.3. The third kappa shape index (κ3) is 3.09. The number of rotatable bonds is 3. The van der Waals surface area contributed by atoms with Gasteiger partial charge < -0.3 is 11.1 Å². The van der Waals surface area contributed by atoms with Crippen molar-refractivity contribution in [1.82, 2.24) is 0 Å². The first-order valence-corrected chi connectivity index (χ1v) is 7.50. The van der Waals surface area contributed by atoms with Gasteiger partial charge in [-0.2, -0.15) is 0 Å². The van der Waals surface area contributed by atoms with Crippen LogP contribution in [0.3, 0.4) is 0 Å². The van der Waals surface area contributed by atoms with Crippen LogP contribution in [0.5, 0.6) is 0 Å². The lowest BCUT2D eigenvalue weighted by molar-refractivity contribution is 1.52. The minimum absolute atomic E-state index is 0.715. The van der Waals surface area contributed by atoms with Gasteiger partial charge in [-0.05, 0) is 29.8 Å².